The topological polar surface area (TPSA) is 38.7 Å². The van der Waals surface area contributed by atoms with Gasteiger partial charge in [-0.1, -0.05) is 24.3 Å². The molecule has 0 fully saturated rings. The maximum absolute atomic E-state index is 12.9. The average molecular weight is 451 g/mol. The Hall–Kier alpha value is -3.27. The molecule has 4 aromatic rings. The van der Waals surface area contributed by atoms with Crippen molar-refractivity contribution in [3.8, 4) is 34.2 Å². The van der Waals surface area contributed by atoms with Crippen LogP contribution in [-0.2, 0) is 12.4 Å². The zero-order chi connectivity index (χ0) is 22.2. The first-order valence-corrected chi connectivity index (χ1v) is 9.69. The lowest BCUT2D eigenvalue weighted by molar-refractivity contribution is -0.138. The molecule has 0 N–H and O–H groups in total. The van der Waals surface area contributed by atoms with Crippen molar-refractivity contribution < 1.29 is 26.3 Å². The van der Waals surface area contributed by atoms with E-state index >= 15 is 0 Å². The Bertz CT molecular complexity index is 1110. The van der Waals surface area contributed by atoms with E-state index in [0.717, 1.165) is 24.3 Å². The van der Waals surface area contributed by atoms with Gasteiger partial charge in [0, 0.05) is 22.1 Å². The normalized spacial score (nSPS) is 12.2. The predicted octanol–water partition coefficient (Wildman–Crippen LogP) is 6.97. The summed E-state index contributed by atoms with van der Waals surface area (Å²) < 4.78 is 77.1. The molecule has 0 aliphatic carbocycles. The zero-order valence-corrected chi connectivity index (χ0v) is 16.2. The van der Waals surface area contributed by atoms with Crippen LogP contribution in [0.5, 0.6) is 0 Å². The summed E-state index contributed by atoms with van der Waals surface area (Å²) in [5.74, 6) is 0.487. The molecule has 0 radical (unpaired) electrons. The van der Waals surface area contributed by atoms with Gasteiger partial charge in [0.25, 0.3) is 0 Å². The highest BCUT2D eigenvalue weighted by molar-refractivity contribution is 7.08. The Balaban J connectivity index is 1.80. The van der Waals surface area contributed by atoms with Gasteiger partial charge in [-0.3, -0.25) is 0 Å². The Morgan fingerprint density at radius 2 is 0.903 bits per heavy atom. The highest BCUT2D eigenvalue weighted by atomic mass is 32.1. The van der Waals surface area contributed by atoms with E-state index in [0.29, 0.717) is 16.7 Å². The largest absolute Gasteiger partial charge is 0.416 e. The Labute approximate surface area is 176 Å². The van der Waals surface area contributed by atoms with Crippen LogP contribution in [0.4, 0.5) is 26.3 Å². The SMILES string of the molecule is FC(F)(F)c1ccc(-c2nc(-c3ccc(C(F)(F)F)cc3)nc(-c3ccsc3)n2)cc1. The summed E-state index contributed by atoms with van der Waals surface area (Å²) in [7, 11) is 0. The van der Waals surface area contributed by atoms with Crippen LogP contribution in [0, 0.1) is 0 Å². The smallest absolute Gasteiger partial charge is 0.208 e. The van der Waals surface area contributed by atoms with Crippen molar-refractivity contribution in [3.05, 3.63) is 76.5 Å². The van der Waals surface area contributed by atoms with Crippen molar-refractivity contribution in [1.29, 1.82) is 0 Å². The van der Waals surface area contributed by atoms with Gasteiger partial charge in [-0.05, 0) is 35.7 Å². The van der Waals surface area contributed by atoms with Gasteiger partial charge in [-0.25, -0.2) is 15.0 Å². The average Bonchev–Trinajstić information content (AvgIpc) is 3.27. The van der Waals surface area contributed by atoms with Crippen molar-refractivity contribution in [2.45, 2.75) is 12.4 Å². The molecule has 158 valence electrons. The van der Waals surface area contributed by atoms with E-state index in [4.69, 9.17) is 0 Å². The molecule has 0 aliphatic heterocycles. The molecule has 0 saturated heterocycles. The number of thiophene rings is 1. The van der Waals surface area contributed by atoms with Crippen molar-refractivity contribution in [3.63, 3.8) is 0 Å². The summed E-state index contributed by atoms with van der Waals surface area (Å²) in [6, 6.07) is 10.4. The van der Waals surface area contributed by atoms with Crippen molar-refractivity contribution >= 4 is 11.3 Å². The van der Waals surface area contributed by atoms with Crippen LogP contribution in [0.1, 0.15) is 11.1 Å². The minimum Gasteiger partial charge on any atom is -0.208 e. The fourth-order valence-electron chi connectivity index (χ4n) is 2.77. The van der Waals surface area contributed by atoms with E-state index in [9.17, 15) is 26.3 Å². The second-order valence-electron chi connectivity index (χ2n) is 6.47. The van der Waals surface area contributed by atoms with Gasteiger partial charge in [-0.2, -0.15) is 37.7 Å². The number of alkyl halides is 6. The van der Waals surface area contributed by atoms with Crippen LogP contribution in [0.2, 0.25) is 0 Å². The lowest BCUT2D eigenvalue weighted by atomic mass is 10.1. The molecule has 0 atom stereocenters. The molecule has 2 aromatic heterocycles. The highest BCUT2D eigenvalue weighted by Crippen LogP contribution is 2.33. The molecule has 0 spiro atoms. The summed E-state index contributed by atoms with van der Waals surface area (Å²) in [6.45, 7) is 0. The first-order chi connectivity index (χ1) is 14.6. The molecular weight excluding hydrogens is 440 g/mol. The Kier molecular flexibility index (Phi) is 5.26. The molecule has 31 heavy (non-hydrogen) atoms. The highest BCUT2D eigenvalue weighted by Gasteiger charge is 2.31. The zero-order valence-electron chi connectivity index (χ0n) is 15.4. The third kappa shape index (κ3) is 4.58. The molecule has 3 nitrogen and oxygen atoms in total. The summed E-state index contributed by atoms with van der Waals surface area (Å²) >= 11 is 1.40. The van der Waals surface area contributed by atoms with Crippen LogP contribution in [-0.4, -0.2) is 15.0 Å². The minimum absolute atomic E-state index is 0.111. The number of halogens is 6. The lowest BCUT2D eigenvalue weighted by Gasteiger charge is -2.10. The van der Waals surface area contributed by atoms with Crippen LogP contribution < -0.4 is 0 Å². The Morgan fingerprint density at radius 1 is 0.516 bits per heavy atom. The molecule has 0 saturated carbocycles. The van der Waals surface area contributed by atoms with Crippen molar-refractivity contribution in [2.24, 2.45) is 0 Å². The van der Waals surface area contributed by atoms with E-state index in [1.54, 1.807) is 16.8 Å². The van der Waals surface area contributed by atoms with Crippen molar-refractivity contribution in [1.82, 2.24) is 15.0 Å². The van der Waals surface area contributed by atoms with Gasteiger partial charge in [0.15, 0.2) is 17.5 Å². The summed E-state index contributed by atoms with van der Waals surface area (Å²) in [4.78, 5) is 13.0. The fourth-order valence-corrected chi connectivity index (χ4v) is 3.41. The third-order valence-electron chi connectivity index (χ3n) is 4.36. The van der Waals surface area contributed by atoms with E-state index in [-0.39, 0.29) is 17.5 Å². The number of benzene rings is 2. The molecule has 10 heteroatoms. The maximum atomic E-state index is 12.9. The van der Waals surface area contributed by atoms with Crippen molar-refractivity contribution in [2.75, 3.05) is 0 Å². The Morgan fingerprint density at radius 3 is 1.23 bits per heavy atom. The first-order valence-electron chi connectivity index (χ1n) is 8.75. The van der Waals surface area contributed by atoms with E-state index < -0.39 is 23.5 Å². The van der Waals surface area contributed by atoms with Gasteiger partial charge in [0.2, 0.25) is 0 Å². The van der Waals surface area contributed by atoms with Gasteiger partial charge >= 0.3 is 12.4 Å². The lowest BCUT2D eigenvalue weighted by Crippen LogP contribution is -2.05. The summed E-state index contributed by atoms with van der Waals surface area (Å²) in [5, 5.41) is 3.58. The van der Waals surface area contributed by atoms with E-state index in [1.165, 1.54) is 35.6 Å². The number of hydrogen-bond donors (Lipinski definition) is 0. The second kappa shape index (κ2) is 7.77. The molecule has 0 bridgehead atoms. The molecule has 0 unspecified atom stereocenters. The van der Waals surface area contributed by atoms with Crippen LogP contribution >= 0.6 is 11.3 Å². The third-order valence-corrected chi connectivity index (χ3v) is 5.04. The van der Waals surface area contributed by atoms with Gasteiger partial charge in [0.1, 0.15) is 0 Å². The van der Waals surface area contributed by atoms with E-state index in [1.807, 2.05) is 0 Å². The molecule has 2 aromatic carbocycles. The predicted molar refractivity (Wildman–Crippen MR) is 104 cm³/mol. The number of rotatable bonds is 3. The molecule has 4 rings (SSSR count). The van der Waals surface area contributed by atoms with E-state index in [2.05, 4.69) is 15.0 Å². The standard InChI is InChI=1S/C21H11F6N3S/c22-20(23,24)15-5-1-12(2-6-15)17-28-18(30-19(29-17)14-9-10-31-11-14)13-3-7-16(8-4-13)21(25,26)27/h1-11H. The molecular formula is C21H11F6N3S. The maximum Gasteiger partial charge on any atom is 0.416 e. The monoisotopic (exact) mass is 451 g/mol. The van der Waals surface area contributed by atoms with Gasteiger partial charge in [-0.15, -0.1) is 0 Å². The summed E-state index contributed by atoms with van der Waals surface area (Å²) in [6.07, 6.45) is -8.96. The molecule has 0 aliphatic rings. The van der Waals surface area contributed by atoms with Crippen LogP contribution in [0.3, 0.4) is 0 Å². The molecule has 0 amide bonds. The van der Waals surface area contributed by atoms with Crippen LogP contribution in [0.15, 0.2) is 65.4 Å². The number of hydrogen-bond acceptors (Lipinski definition) is 4. The second-order valence-corrected chi connectivity index (χ2v) is 7.25. The number of nitrogens with zero attached hydrogens (tertiary/aromatic N) is 3. The fraction of sp³-hybridized carbons (Fsp3) is 0.0952. The first kappa shape index (κ1) is 21.0. The van der Waals surface area contributed by atoms with Crippen LogP contribution in [0.25, 0.3) is 34.2 Å². The quantitative estimate of drug-likeness (QED) is 0.316. The van der Waals surface area contributed by atoms with Gasteiger partial charge < -0.3 is 0 Å². The minimum atomic E-state index is -4.48. The molecule has 2 heterocycles. The number of aromatic nitrogens is 3. The van der Waals surface area contributed by atoms with Gasteiger partial charge in [0.05, 0.1) is 11.1 Å². The summed E-state index contributed by atoms with van der Waals surface area (Å²) in [5.41, 5.74) is -0.327.